The van der Waals surface area contributed by atoms with Crippen molar-refractivity contribution in [3.63, 3.8) is 0 Å². The molecule has 0 unspecified atom stereocenters. The van der Waals surface area contributed by atoms with Gasteiger partial charge in [-0.1, -0.05) is 12.1 Å². The summed E-state index contributed by atoms with van der Waals surface area (Å²) in [5.74, 6) is 0.492. The lowest BCUT2D eigenvalue weighted by molar-refractivity contribution is -0.143. The monoisotopic (exact) mass is 237 g/mol. The van der Waals surface area contributed by atoms with Crippen LogP contribution in [-0.4, -0.2) is 19.2 Å². The number of hydrogen-bond acceptors (Lipinski definition) is 4. The van der Waals surface area contributed by atoms with Crippen LogP contribution in [0.15, 0.2) is 24.3 Å². The topological polar surface area (TPSA) is 61.5 Å². The molecule has 0 saturated heterocycles. The van der Waals surface area contributed by atoms with Crippen LogP contribution < -0.4 is 10.5 Å². The minimum absolute atomic E-state index is 0.184. The average molecular weight is 237 g/mol. The highest BCUT2D eigenvalue weighted by atomic mass is 16.5. The molecule has 0 aromatic heterocycles. The van der Waals surface area contributed by atoms with Crippen LogP contribution in [0.5, 0.6) is 5.75 Å². The van der Waals surface area contributed by atoms with E-state index in [1.54, 1.807) is 6.92 Å². The van der Waals surface area contributed by atoms with Gasteiger partial charge < -0.3 is 15.2 Å². The Hall–Kier alpha value is -1.55. The zero-order valence-electron chi connectivity index (χ0n) is 10.3. The maximum absolute atomic E-state index is 11.3. The summed E-state index contributed by atoms with van der Waals surface area (Å²) in [5, 5.41) is 0. The standard InChI is InChI=1S/C13H19NO3/c1-3-16-11-7-5-6-10(8-11)12(14)9-13(15)17-4-2/h5-8,12H,3-4,9,14H2,1-2H3/t12-/m1/s1. The van der Waals surface area contributed by atoms with Crippen molar-refractivity contribution in [2.24, 2.45) is 5.73 Å². The van der Waals surface area contributed by atoms with Crippen molar-refractivity contribution >= 4 is 5.97 Å². The van der Waals surface area contributed by atoms with Gasteiger partial charge in [-0.25, -0.2) is 0 Å². The Bertz CT molecular complexity index is 365. The highest BCUT2D eigenvalue weighted by molar-refractivity contribution is 5.70. The number of benzene rings is 1. The summed E-state index contributed by atoms with van der Waals surface area (Å²) in [5.41, 5.74) is 6.81. The quantitative estimate of drug-likeness (QED) is 0.769. The summed E-state index contributed by atoms with van der Waals surface area (Å²) < 4.78 is 10.2. The minimum Gasteiger partial charge on any atom is -0.494 e. The third kappa shape index (κ3) is 4.44. The van der Waals surface area contributed by atoms with Crippen LogP contribution in [0.25, 0.3) is 0 Å². The lowest BCUT2D eigenvalue weighted by atomic mass is 10.0. The minimum atomic E-state index is -0.352. The van der Waals surface area contributed by atoms with E-state index >= 15 is 0 Å². The maximum atomic E-state index is 11.3. The van der Waals surface area contributed by atoms with E-state index in [9.17, 15) is 4.79 Å². The van der Waals surface area contributed by atoms with Crippen LogP contribution in [0.1, 0.15) is 31.9 Å². The predicted octanol–water partition coefficient (Wildman–Crippen LogP) is 2.04. The van der Waals surface area contributed by atoms with Crippen LogP contribution in [0.2, 0.25) is 0 Å². The van der Waals surface area contributed by atoms with Crippen molar-refractivity contribution < 1.29 is 14.3 Å². The molecule has 4 nitrogen and oxygen atoms in total. The van der Waals surface area contributed by atoms with Gasteiger partial charge in [-0.15, -0.1) is 0 Å². The Kier molecular flexibility index (Phi) is 5.49. The van der Waals surface area contributed by atoms with Gasteiger partial charge in [0.1, 0.15) is 5.75 Å². The molecule has 0 fully saturated rings. The van der Waals surface area contributed by atoms with Crippen LogP contribution in [-0.2, 0) is 9.53 Å². The fraction of sp³-hybridized carbons (Fsp3) is 0.462. The number of carbonyl (C=O) groups is 1. The molecule has 0 aliphatic heterocycles. The second-order valence-corrected chi connectivity index (χ2v) is 3.62. The molecule has 0 heterocycles. The summed E-state index contributed by atoms with van der Waals surface area (Å²) in [4.78, 5) is 11.3. The number of esters is 1. The Morgan fingerprint density at radius 3 is 2.76 bits per heavy atom. The molecule has 94 valence electrons. The first-order valence-corrected chi connectivity index (χ1v) is 5.81. The first kappa shape index (κ1) is 13.5. The average Bonchev–Trinajstić information content (AvgIpc) is 2.30. The van der Waals surface area contributed by atoms with Gasteiger partial charge in [0.15, 0.2) is 0 Å². The lowest BCUT2D eigenvalue weighted by Crippen LogP contribution is -2.17. The molecule has 17 heavy (non-hydrogen) atoms. The van der Waals surface area contributed by atoms with Gasteiger partial charge in [-0.3, -0.25) is 4.79 Å². The van der Waals surface area contributed by atoms with Crippen molar-refractivity contribution in [3.8, 4) is 5.75 Å². The van der Waals surface area contributed by atoms with Crippen LogP contribution in [0.3, 0.4) is 0 Å². The smallest absolute Gasteiger partial charge is 0.307 e. The molecule has 0 bridgehead atoms. The fourth-order valence-electron chi connectivity index (χ4n) is 1.52. The first-order chi connectivity index (χ1) is 8.17. The molecule has 1 aromatic carbocycles. The number of carbonyl (C=O) groups excluding carboxylic acids is 1. The normalized spacial score (nSPS) is 11.9. The van der Waals surface area contributed by atoms with Gasteiger partial charge in [0.2, 0.25) is 0 Å². The molecule has 0 aliphatic rings. The molecule has 0 aliphatic carbocycles. The number of rotatable bonds is 6. The summed E-state index contributed by atoms with van der Waals surface area (Å²) in [6.45, 7) is 4.69. The van der Waals surface area contributed by atoms with Gasteiger partial charge in [0, 0.05) is 6.04 Å². The molecular formula is C13H19NO3. The second kappa shape index (κ2) is 6.91. The van der Waals surface area contributed by atoms with Crippen molar-refractivity contribution in [2.45, 2.75) is 26.3 Å². The Balaban J connectivity index is 2.64. The highest BCUT2D eigenvalue weighted by Gasteiger charge is 2.12. The van der Waals surface area contributed by atoms with Crippen molar-refractivity contribution in [1.29, 1.82) is 0 Å². The number of ether oxygens (including phenoxy) is 2. The molecule has 0 saturated carbocycles. The highest BCUT2D eigenvalue weighted by Crippen LogP contribution is 2.20. The van der Waals surface area contributed by atoms with E-state index in [0.29, 0.717) is 13.2 Å². The van der Waals surface area contributed by atoms with Crippen molar-refractivity contribution in [2.75, 3.05) is 13.2 Å². The van der Waals surface area contributed by atoms with E-state index in [0.717, 1.165) is 11.3 Å². The second-order valence-electron chi connectivity index (χ2n) is 3.62. The number of nitrogens with two attached hydrogens (primary N) is 1. The summed E-state index contributed by atoms with van der Waals surface area (Å²) in [6, 6.07) is 7.12. The lowest BCUT2D eigenvalue weighted by Gasteiger charge is -2.12. The van der Waals surface area contributed by atoms with Crippen molar-refractivity contribution in [1.82, 2.24) is 0 Å². The van der Waals surface area contributed by atoms with E-state index in [-0.39, 0.29) is 18.4 Å². The molecule has 1 rings (SSSR count). The third-order valence-electron chi connectivity index (χ3n) is 2.29. The van der Waals surface area contributed by atoms with Gasteiger partial charge in [0.25, 0.3) is 0 Å². The summed E-state index contributed by atoms with van der Waals surface area (Å²) >= 11 is 0. The van der Waals surface area contributed by atoms with Gasteiger partial charge in [0.05, 0.1) is 19.6 Å². The van der Waals surface area contributed by atoms with E-state index in [1.807, 2.05) is 31.2 Å². The van der Waals surface area contributed by atoms with Crippen LogP contribution >= 0.6 is 0 Å². The predicted molar refractivity (Wildman–Crippen MR) is 65.8 cm³/mol. The molecule has 0 amide bonds. The molecule has 4 heteroatoms. The zero-order chi connectivity index (χ0) is 12.7. The van der Waals surface area contributed by atoms with Crippen molar-refractivity contribution in [3.05, 3.63) is 29.8 Å². The summed E-state index contributed by atoms with van der Waals surface area (Å²) in [7, 11) is 0. The SMILES string of the molecule is CCOC(=O)C[C@@H](N)c1cccc(OCC)c1. The zero-order valence-corrected chi connectivity index (χ0v) is 10.3. The van der Waals surface area contributed by atoms with Crippen LogP contribution in [0, 0.1) is 0 Å². The van der Waals surface area contributed by atoms with E-state index in [1.165, 1.54) is 0 Å². The molecule has 1 aromatic rings. The molecule has 0 radical (unpaired) electrons. The largest absolute Gasteiger partial charge is 0.494 e. The maximum Gasteiger partial charge on any atom is 0.307 e. The molecule has 1 atom stereocenters. The molecular weight excluding hydrogens is 218 g/mol. The Morgan fingerprint density at radius 2 is 2.12 bits per heavy atom. The molecule has 2 N–H and O–H groups in total. The van der Waals surface area contributed by atoms with E-state index < -0.39 is 0 Å². The van der Waals surface area contributed by atoms with E-state index in [2.05, 4.69) is 0 Å². The van der Waals surface area contributed by atoms with E-state index in [4.69, 9.17) is 15.2 Å². The molecule has 0 spiro atoms. The summed E-state index contributed by atoms with van der Waals surface area (Å²) in [6.07, 6.45) is 0.184. The Labute approximate surface area is 102 Å². The van der Waals surface area contributed by atoms with Crippen LogP contribution in [0.4, 0.5) is 0 Å². The van der Waals surface area contributed by atoms with Gasteiger partial charge in [-0.2, -0.15) is 0 Å². The first-order valence-electron chi connectivity index (χ1n) is 5.81. The Morgan fingerprint density at radius 1 is 1.35 bits per heavy atom. The third-order valence-corrected chi connectivity index (χ3v) is 2.29. The number of hydrogen-bond donors (Lipinski definition) is 1. The fourth-order valence-corrected chi connectivity index (χ4v) is 1.52. The van der Waals surface area contributed by atoms with Gasteiger partial charge in [-0.05, 0) is 31.5 Å². The van der Waals surface area contributed by atoms with Gasteiger partial charge >= 0.3 is 5.97 Å².